The summed E-state index contributed by atoms with van der Waals surface area (Å²) < 4.78 is 0. The highest BCUT2D eigenvalue weighted by molar-refractivity contribution is 5.89. The summed E-state index contributed by atoms with van der Waals surface area (Å²) in [4.78, 5) is 24.5. The van der Waals surface area contributed by atoms with E-state index < -0.39 is 0 Å². The molecule has 2 bridgehead atoms. The van der Waals surface area contributed by atoms with Gasteiger partial charge in [-0.05, 0) is 45.4 Å². The van der Waals surface area contributed by atoms with E-state index in [4.69, 9.17) is 0 Å². The Morgan fingerprint density at radius 2 is 1.60 bits per heavy atom. The molecule has 1 amide bonds. The van der Waals surface area contributed by atoms with Crippen molar-refractivity contribution in [2.45, 2.75) is 76.7 Å². The van der Waals surface area contributed by atoms with Crippen LogP contribution in [0.1, 0.15) is 71.1 Å². The molecule has 0 aliphatic heterocycles. The van der Waals surface area contributed by atoms with Crippen LogP contribution in [0.15, 0.2) is 0 Å². The molecule has 0 heterocycles. The van der Waals surface area contributed by atoms with Crippen molar-refractivity contribution in [3.63, 3.8) is 0 Å². The Balaban J connectivity index is 1.60. The lowest BCUT2D eigenvalue weighted by Crippen LogP contribution is -2.49. The van der Waals surface area contributed by atoms with Crippen LogP contribution in [0.2, 0.25) is 0 Å². The number of fused-ring (bicyclic) bond motifs is 2. The molecule has 2 atom stereocenters. The molecule has 0 radical (unpaired) electrons. The fraction of sp³-hybridized carbons (Fsp3) is 0.882. The third kappa shape index (κ3) is 2.77. The lowest BCUT2D eigenvalue weighted by Gasteiger charge is -2.33. The molecule has 20 heavy (non-hydrogen) atoms. The van der Waals surface area contributed by atoms with Crippen LogP contribution in [0, 0.1) is 17.8 Å². The molecular formula is C17H27NO2. The van der Waals surface area contributed by atoms with Gasteiger partial charge in [-0.25, -0.2) is 0 Å². The predicted molar refractivity (Wildman–Crippen MR) is 78.2 cm³/mol. The van der Waals surface area contributed by atoms with Crippen LogP contribution in [-0.4, -0.2) is 17.2 Å². The highest BCUT2D eigenvalue weighted by Gasteiger charge is 2.44. The fourth-order valence-electron chi connectivity index (χ4n) is 4.52. The van der Waals surface area contributed by atoms with Gasteiger partial charge in [0.15, 0.2) is 0 Å². The first-order valence-electron chi connectivity index (χ1n) is 8.43. The summed E-state index contributed by atoms with van der Waals surface area (Å²) in [5, 5.41) is 3.34. The Morgan fingerprint density at radius 3 is 2.15 bits per heavy atom. The quantitative estimate of drug-likeness (QED) is 0.788. The number of hydrogen-bond acceptors (Lipinski definition) is 2. The SMILES string of the molecule is CC1(NC(=O)C2CC3CCC(C2)C3=O)CCCCCC1. The summed E-state index contributed by atoms with van der Waals surface area (Å²) in [6.07, 6.45) is 10.9. The van der Waals surface area contributed by atoms with Gasteiger partial charge in [0.05, 0.1) is 0 Å². The second-order valence-electron chi connectivity index (χ2n) is 7.51. The number of hydrogen-bond donors (Lipinski definition) is 1. The maximum absolute atomic E-state index is 12.6. The number of nitrogens with one attached hydrogen (secondary N) is 1. The average Bonchev–Trinajstić information content (AvgIpc) is 2.65. The summed E-state index contributed by atoms with van der Waals surface area (Å²) in [5.74, 6) is 1.12. The van der Waals surface area contributed by atoms with E-state index >= 15 is 0 Å². The fourth-order valence-corrected chi connectivity index (χ4v) is 4.52. The van der Waals surface area contributed by atoms with E-state index in [1.807, 2.05) is 0 Å². The molecule has 3 nitrogen and oxygen atoms in total. The maximum atomic E-state index is 12.6. The Bertz CT molecular complexity index is 380. The van der Waals surface area contributed by atoms with Crippen LogP contribution in [0.25, 0.3) is 0 Å². The van der Waals surface area contributed by atoms with Gasteiger partial charge < -0.3 is 5.32 Å². The van der Waals surface area contributed by atoms with Gasteiger partial charge in [0.2, 0.25) is 5.91 Å². The molecule has 3 saturated carbocycles. The van der Waals surface area contributed by atoms with Gasteiger partial charge in [0.1, 0.15) is 5.78 Å². The number of amides is 1. The largest absolute Gasteiger partial charge is 0.351 e. The van der Waals surface area contributed by atoms with Crippen molar-refractivity contribution in [3.8, 4) is 0 Å². The van der Waals surface area contributed by atoms with Gasteiger partial charge >= 0.3 is 0 Å². The van der Waals surface area contributed by atoms with Crippen LogP contribution in [-0.2, 0) is 9.59 Å². The van der Waals surface area contributed by atoms with Crippen molar-refractivity contribution in [1.82, 2.24) is 5.32 Å². The maximum Gasteiger partial charge on any atom is 0.223 e. The first kappa shape index (κ1) is 14.1. The zero-order valence-corrected chi connectivity index (χ0v) is 12.6. The molecule has 112 valence electrons. The Morgan fingerprint density at radius 1 is 1.05 bits per heavy atom. The monoisotopic (exact) mass is 277 g/mol. The highest BCUT2D eigenvalue weighted by atomic mass is 16.2. The van der Waals surface area contributed by atoms with Crippen LogP contribution >= 0.6 is 0 Å². The molecule has 3 rings (SSSR count). The second kappa shape index (κ2) is 5.50. The van der Waals surface area contributed by atoms with Crippen molar-refractivity contribution in [2.24, 2.45) is 17.8 Å². The van der Waals surface area contributed by atoms with Crippen LogP contribution in [0.5, 0.6) is 0 Å². The van der Waals surface area contributed by atoms with E-state index in [2.05, 4.69) is 12.2 Å². The summed E-state index contributed by atoms with van der Waals surface area (Å²) in [6, 6.07) is 0. The van der Waals surface area contributed by atoms with E-state index in [1.165, 1.54) is 25.7 Å². The van der Waals surface area contributed by atoms with Crippen molar-refractivity contribution < 1.29 is 9.59 Å². The van der Waals surface area contributed by atoms with Crippen LogP contribution < -0.4 is 5.32 Å². The highest BCUT2D eigenvalue weighted by Crippen LogP contribution is 2.42. The van der Waals surface area contributed by atoms with Gasteiger partial charge in [-0.15, -0.1) is 0 Å². The molecule has 2 unspecified atom stereocenters. The molecule has 3 aliphatic carbocycles. The second-order valence-corrected chi connectivity index (χ2v) is 7.51. The molecular weight excluding hydrogens is 250 g/mol. The zero-order valence-electron chi connectivity index (χ0n) is 12.6. The summed E-state index contributed by atoms with van der Waals surface area (Å²) >= 11 is 0. The van der Waals surface area contributed by atoms with E-state index in [1.54, 1.807) is 0 Å². The van der Waals surface area contributed by atoms with Gasteiger partial charge in [0, 0.05) is 23.3 Å². The minimum Gasteiger partial charge on any atom is -0.351 e. The topological polar surface area (TPSA) is 46.2 Å². The zero-order chi connectivity index (χ0) is 14.2. The molecule has 0 aromatic rings. The van der Waals surface area contributed by atoms with Crippen LogP contribution in [0.3, 0.4) is 0 Å². The van der Waals surface area contributed by atoms with Crippen molar-refractivity contribution in [2.75, 3.05) is 0 Å². The molecule has 0 spiro atoms. The number of carbonyl (C=O) groups is 2. The number of rotatable bonds is 2. The van der Waals surface area contributed by atoms with E-state index in [0.717, 1.165) is 38.5 Å². The van der Waals surface area contributed by atoms with Crippen molar-refractivity contribution in [1.29, 1.82) is 0 Å². The third-order valence-electron chi connectivity index (χ3n) is 5.81. The smallest absolute Gasteiger partial charge is 0.223 e. The Hall–Kier alpha value is -0.860. The summed E-state index contributed by atoms with van der Waals surface area (Å²) in [6.45, 7) is 2.21. The predicted octanol–water partition coefficient (Wildman–Crippen LogP) is 3.22. The first-order valence-corrected chi connectivity index (χ1v) is 8.43. The van der Waals surface area contributed by atoms with E-state index in [9.17, 15) is 9.59 Å². The minimum atomic E-state index is -0.00587. The molecule has 0 aromatic carbocycles. The van der Waals surface area contributed by atoms with Crippen molar-refractivity contribution >= 4 is 11.7 Å². The Labute approximate surface area is 121 Å². The first-order chi connectivity index (χ1) is 9.57. The molecule has 0 saturated heterocycles. The molecule has 1 N–H and O–H groups in total. The number of Topliss-reactive ketones (excluding diaryl/α,β-unsaturated/α-hetero) is 1. The summed E-state index contributed by atoms with van der Waals surface area (Å²) in [5.41, 5.74) is -0.00587. The molecule has 3 aliphatic rings. The molecule has 3 fully saturated rings. The van der Waals surface area contributed by atoms with Gasteiger partial charge in [-0.3, -0.25) is 9.59 Å². The minimum absolute atomic E-state index is 0.00587. The number of ketones is 1. The van der Waals surface area contributed by atoms with Gasteiger partial charge in [0.25, 0.3) is 0 Å². The normalized spacial score (nSPS) is 36.5. The lowest BCUT2D eigenvalue weighted by molar-refractivity contribution is -0.133. The van der Waals surface area contributed by atoms with Gasteiger partial charge in [-0.2, -0.15) is 0 Å². The third-order valence-corrected chi connectivity index (χ3v) is 5.81. The Kier molecular flexibility index (Phi) is 3.87. The van der Waals surface area contributed by atoms with E-state index in [-0.39, 0.29) is 29.2 Å². The van der Waals surface area contributed by atoms with E-state index in [0.29, 0.717) is 5.78 Å². The summed E-state index contributed by atoms with van der Waals surface area (Å²) in [7, 11) is 0. The molecule has 0 aromatic heterocycles. The van der Waals surface area contributed by atoms with Crippen LogP contribution in [0.4, 0.5) is 0 Å². The van der Waals surface area contributed by atoms with Crippen molar-refractivity contribution in [3.05, 3.63) is 0 Å². The lowest BCUT2D eigenvalue weighted by atomic mass is 9.79. The standard InChI is InChI=1S/C17H27NO2/c1-17(8-4-2-3-5-9-17)18-16(20)14-10-12-6-7-13(11-14)15(12)19/h12-14H,2-11H2,1H3,(H,18,20). The molecule has 3 heteroatoms. The van der Waals surface area contributed by atoms with Gasteiger partial charge in [-0.1, -0.05) is 25.7 Å². The number of carbonyl (C=O) groups excluding carboxylic acids is 2. The average molecular weight is 277 g/mol.